The molecule has 0 atom stereocenters. The molecule has 0 aliphatic heterocycles. The summed E-state index contributed by atoms with van der Waals surface area (Å²) >= 11 is 0. The van der Waals surface area contributed by atoms with E-state index in [0.717, 1.165) is 12.4 Å². The molecule has 0 aromatic carbocycles. The van der Waals surface area contributed by atoms with E-state index in [1.54, 1.807) is 13.2 Å². The lowest BCUT2D eigenvalue weighted by Crippen LogP contribution is -2.16. The molecule has 2 N–H and O–H groups in total. The zero-order valence-electron chi connectivity index (χ0n) is 9.08. The number of hydroxylamine groups is 1. The Labute approximate surface area is 85.6 Å². The van der Waals surface area contributed by atoms with E-state index >= 15 is 0 Å². The van der Waals surface area contributed by atoms with Crippen LogP contribution in [0.5, 0.6) is 0 Å². The Morgan fingerprint density at radius 1 is 1.36 bits per heavy atom. The molecule has 1 aromatic rings. The average Bonchev–Trinajstić information content (AvgIpc) is 2.29. The van der Waals surface area contributed by atoms with Crippen molar-refractivity contribution in [2.24, 2.45) is 0 Å². The monoisotopic (exact) mass is 197 g/mol. The van der Waals surface area contributed by atoms with Gasteiger partial charge in [-0.25, -0.2) is 10.5 Å². The highest BCUT2D eigenvalue weighted by atomic mass is 16.6. The fraction of sp³-hybridized carbons (Fsp3) is 0.500. The largest absolute Gasteiger partial charge is 0.368 e. The van der Waals surface area contributed by atoms with Crippen molar-refractivity contribution in [2.45, 2.75) is 13.8 Å². The van der Waals surface area contributed by atoms with E-state index in [9.17, 15) is 0 Å². The summed E-state index contributed by atoms with van der Waals surface area (Å²) in [7, 11) is 1.74. The second-order valence-corrected chi connectivity index (χ2v) is 2.19. The molecule has 0 aliphatic rings. The van der Waals surface area contributed by atoms with Gasteiger partial charge in [-0.05, 0) is 12.1 Å². The number of hydrogen-bond acceptors (Lipinski definition) is 4. The quantitative estimate of drug-likeness (QED) is 0.557. The van der Waals surface area contributed by atoms with Gasteiger partial charge in [0.1, 0.15) is 5.82 Å². The Hall–Kier alpha value is -1.13. The molecule has 0 spiro atoms. The molecule has 4 nitrogen and oxygen atoms in total. The maximum Gasteiger partial charge on any atom is 0.125 e. The summed E-state index contributed by atoms with van der Waals surface area (Å²) in [6.07, 6.45) is 1.75. The SMILES string of the molecule is CC.CNOCCNc1ccccn1. The van der Waals surface area contributed by atoms with Gasteiger partial charge in [-0.15, -0.1) is 0 Å². The number of pyridine rings is 1. The Balaban J connectivity index is 0.000000791. The number of rotatable bonds is 5. The molecule has 0 bridgehead atoms. The van der Waals surface area contributed by atoms with E-state index in [2.05, 4.69) is 15.8 Å². The zero-order valence-corrected chi connectivity index (χ0v) is 9.08. The van der Waals surface area contributed by atoms with Gasteiger partial charge < -0.3 is 10.2 Å². The van der Waals surface area contributed by atoms with Crippen molar-refractivity contribution in [2.75, 3.05) is 25.5 Å². The van der Waals surface area contributed by atoms with Gasteiger partial charge >= 0.3 is 0 Å². The highest BCUT2D eigenvalue weighted by Crippen LogP contribution is 1.97. The molecular formula is C10H19N3O. The Morgan fingerprint density at radius 2 is 2.14 bits per heavy atom. The molecule has 0 amide bonds. The summed E-state index contributed by atoms with van der Waals surface area (Å²) in [6, 6.07) is 5.74. The van der Waals surface area contributed by atoms with Gasteiger partial charge in [-0.3, -0.25) is 0 Å². The van der Waals surface area contributed by atoms with Crippen LogP contribution in [0.4, 0.5) is 5.82 Å². The summed E-state index contributed by atoms with van der Waals surface area (Å²) in [5, 5.41) is 3.10. The first-order chi connectivity index (χ1) is 6.93. The number of nitrogens with one attached hydrogen (secondary N) is 2. The maximum absolute atomic E-state index is 4.91. The molecule has 1 rings (SSSR count). The van der Waals surface area contributed by atoms with E-state index in [-0.39, 0.29) is 0 Å². The molecule has 0 radical (unpaired) electrons. The minimum absolute atomic E-state index is 0.618. The van der Waals surface area contributed by atoms with Crippen molar-refractivity contribution in [3.63, 3.8) is 0 Å². The average molecular weight is 197 g/mol. The molecule has 0 fully saturated rings. The fourth-order valence-electron chi connectivity index (χ4n) is 0.800. The fourth-order valence-corrected chi connectivity index (χ4v) is 0.800. The minimum atomic E-state index is 0.618. The molecular weight excluding hydrogens is 178 g/mol. The van der Waals surface area contributed by atoms with Crippen LogP contribution in [0.15, 0.2) is 24.4 Å². The van der Waals surface area contributed by atoms with E-state index in [4.69, 9.17) is 4.84 Å². The predicted molar refractivity (Wildman–Crippen MR) is 59.1 cm³/mol. The minimum Gasteiger partial charge on any atom is -0.368 e. The van der Waals surface area contributed by atoms with Crippen LogP contribution >= 0.6 is 0 Å². The standard InChI is InChI=1S/C8H13N3O.C2H6/c1-9-12-7-6-11-8-4-2-3-5-10-8;1-2/h2-5,9H,6-7H2,1H3,(H,10,11);1-2H3. The van der Waals surface area contributed by atoms with E-state index in [1.807, 2.05) is 32.0 Å². The van der Waals surface area contributed by atoms with Crippen LogP contribution in [-0.2, 0) is 4.84 Å². The molecule has 0 aliphatic carbocycles. The van der Waals surface area contributed by atoms with Gasteiger partial charge in [0, 0.05) is 19.8 Å². The highest BCUT2D eigenvalue weighted by Gasteiger charge is 1.89. The molecule has 0 saturated carbocycles. The molecule has 4 heteroatoms. The third kappa shape index (κ3) is 6.39. The highest BCUT2D eigenvalue weighted by molar-refractivity contribution is 5.32. The third-order valence-electron chi connectivity index (χ3n) is 1.32. The Bertz CT molecular complexity index is 204. The molecule has 0 saturated heterocycles. The number of aromatic nitrogens is 1. The van der Waals surface area contributed by atoms with Crippen LogP contribution < -0.4 is 10.8 Å². The first-order valence-corrected chi connectivity index (χ1v) is 4.87. The van der Waals surface area contributed by atoms with Gasteiger partial charge in [0.05, 0.1) is 6.61 Å². The molecule has 1 heterocycles. The first-order valence-electron chi connectivity index (χ1n) is 4.87. The van der Waals surface area contributed by atoms with Crippen molar-refractivity contribution in [1.82, 2.24) is 10.5 Å². The second-order valence-electron chi connectivity index (χ2n) is 2.19. The lowest BCUT2D eigenvalue weighted by molar-refractivity contribution is 0.0659. The lowest BCUT2D eigenvalue weighted by atomic mass is 10.4. The lowest BCUT2D eigenvalue weighted by Gasteiger charge is -2.04. The van der Waals surface area contributed by atoms with Gasteiger partial charge in [-0.2, -0.15) is 0 Å². The van der Waals surface area contributed by atoms with Crippen molar-refractivity contribution in [3.05, 3.63) is 24.4 Å². The normalized spacial score (nSPS) is 8.79. The maximum atomic E-state index is 4.91. The number of anilines is 1. The van der Waals surface area contributed by atoms with Gasteiger partial charge in [0.2, 0.25) is 0 Å². The first kappa shape index (κ1) is 12.9. The van der Waals surface area contributed by atoms with E-state index in [1.165, 1.54) is 0 Å². The number of nitrogens with zero attached hydrogens (tertiary/aromatic N) is 1. The van der Waals surface area contributed by atoms with Gasteiger partial charge in [0.15, 0.2) is 0 Å². The third-order valence-corrected chi connectivity index (χ3v) is 1.32. The summed E-state index contributed by atoms with van der Waals surface area (Å²) in [6.45, 7) is 5.37. The van der Waals surface area contributed by atoms with Crippen molar-refractivity contribution >= 4 is 5.82 Å². The summed E-state index contributed by atoms with van der Waals surface area (Å²) < 4.78 is 0. The summed E-state index contributed by atoms with van der Waals surface area (Å²) in [5.41, 5.74) is 2.59. The van der Waals surface area contributed by atoms with Crippen LogP contribution in [0.25, 0.3) is 0 Å². The summed E-state index contributed by atoms with van der Waals surface area (Å²) in [5.74, 6) is 0.872. The smallest absolute Gasteiger partial charge is 0.125 e. The number of hydrogen-bond donors (Lipinski definition) is 2. The van der Waals surface area contributed by atoms with Crippen molar-refractivity contribution < 1.29 is 4.84 Å². The van der Waals surface area contributed by atoms with Crippen LogP contribution in [-0.4, -0.2) is 25.2 Å². The van der Waals surface area contributed by atoms with Crippen LogP contribution in [0, 0.1) is 0 Å². The van der Waals surface area contributed by atoms with Crippen molar-refractivity contribution in [1.29, 1.82) is 0 Å². The molecule has 0 unspecified atom stereocenters. The molecule has 14 heavy (non-hydrogen) atoms. The second kappa shape index (κ2) is 9.95. The Kier molecular flexibility index (Phi) is 9.15. The molecule has 80 valence electrons. The van der Waals surface area contributed by atoms with E-state index < -0.39 is 0 Å². The van der Waals surface area contributed by atoms with Crippen molar-refractivity contribution in [3.8, 4) is 0 Å². The van der Waals surface area contributed by atoms with E-state index in [0.29, 0.717) is 6.61 Å². The topological polar surface area (TPSA) is 46.2 Å². The predicted octanol–water partition coefficient (Wildman–Crippen LogP) is 1.67. The molecule has 1 aromatic heterocycles. The van der Waals surface area contributed by atoms with Crippen LogP contribution in [0.2, 0.25) is 0 Å². The van der Waals surface area contributed by atoms with Crippen LogP contribution in [0.3, 0.4) is 0 Å². The zero-order chi connectivity index (χ0) is 10.6. The Morgan fingerprint density at radius 3 is 2.71 bits per heavy atom. The van der Waals surface area contributed by atoms with Gasteiger partial charge in [-0.1, -0.05) is 19.9 Å². The summed E-state index contributed by atoms with van der Waals surface area (Å²) in [4.78, 5) is 9.00. The van der Waals surface area contributed by atoms with Gasteiger partial charge in [0.25, 0.3) is 0 Å². The van der Waals surface area contributed by atoms with Crippen LogP contribution in [0.1, 0.15) is 13.8 Å².